The van der Waals surface area contributed by atoms with E-state index in [2.05, 4.69) is 12.2 Å². The number of rotatable bonds is 2. The number of fused-ring (bicyclic) bond motifs is 6. The van der Waals surface area contributed by atoms with Crippen LogP contribution < -0.4 is 14.8 Å². The molecule has 2 amide bonds. The fourth-order valence-corrected chi connectivity index (χ4v) is 8.22. The molecule has 6 rings (SSSR count). The first-order valence-electron chi connectivity index (χ1n) is 16.8. The molecule has 3 fully saturated rings. The van der Waals surface area contributed by atoms with E-state index in [9.17, 15) is 23.2 Å². The highest BCUT2D eigenvalue weighted by atomic mass is 19.3. The van der Waals surface area contributed by atoms with Crippen LogP contribution in [0.2, 0.25) is 0 Å². The SMILES string of the molecule is COc1ccc2nc3c(nc2c1)O[C@H]1CN(C(=O)[C@H](C(C)(C)C)NC(=O)O[C@@H]2CC(F)(F)C[C@H]2CCCCC3)[C@H](C(C)=O)[C@@]12C[C@H]2C. The number of benzene rings is 1. The van der Waals surface area contributed by atoms with Crippen molar-refractivity contribution in [2.24, 2.45) is 22.7 Å². The number of nitrogens with zero attached hydrogens (tertiary/aromatic N) is 3. The molecule has 0 unspecified atom stereocenters. The Morgan fingerprint density at radius 2 is 1.81 bits per heavy atom. The highest BCUT2D eigenvalue weighted by Gasteiger charge is 2.70. The van der Waals surface area contributed by atoms with Crippen LogP contribution in [-0.4, -0.2) is 76.5 Å². The normalized spacial score (nSPS) is 32.8. The van der Waals surface area contributed by atoms with E-state index in [-0.39, 0.29) is 24.7 Å². The third-order valence-corrected chi connectivity index (χ3v) is 10.7. The molecule has 3 heterocycles. The molecule has 2 saturated carbocycles. The maximum Gasteiger partial charge on any atom is 0.408 e. The summed E-state index contributed by atoms with van der Waals surface area (Å²) in [6.07, 6.45) is 0.583. The number of carbonyl (C=O) groups excluding carboxylic acids is 3. The molecule has 2 aliphatic carbocycles. The smallest absolute Gasteiger partial charge is 0.408 e. The van der Waals surface area contributed by atoms with Gasteiger partial charge in [-0.15, -0.1) is 0 Å². The zero-order valence-electron chi connectivity index (χ0n) is 28.1. The van der Waals surface area contributed by atoms with Gasteiger partial charge >= 0.3 is 6.09 Å². The summed E-state index contributed by atoms with van der Waals surface area (Å²) in [5, 5.41) is 2.72. The second-order valence-electron chi connectivity index (χ2n) is 15.2. The summed E-state index contributed by atoms with van der Waals surface area (Å²) < 4.78 is 47.0. The zero-order chi connectivity index (χ0) is 33.9. The molecule has 10 nitrogen and oxygen atoms in total. The molecule has 2 bridgehead atoms. The van der Waals surface area contributed by atoms with Crippen LogP contribution >= 0.6 is 0 Å². The molecule has 1 aromatic carbocycles. The summed E-state index contributed by atoms with van der Waals surface area (Å²) in [7, 11) is 1.58. The van der Waals surface area contributed by atoms with Crippen molar-refractivity contribution in [2.75, 3.05) is 13.7 Å². The molecule has 0 radical (unpaired) electrons. The maximum absolute atomic E-state index is 14.6. The average molecular weight is 657 g/mol. The molecule has 1 saturated heterocycles. The molecule has 2 aromatic rings. The lowest BCUT2D eigenvalue weighted by molar-refractivity contribution is -0.142. The van der Waals surface area contributed by atoms with Gasteiger partial charge in [0.05, 0.1) is 30.7 Å². The van der Waals surface area contributed by atoms with Crippen LogP contribution in [0, 0.1) is 22.7 Å². The number of methoxy groups -OCH3 is 1. The van der Waals surface area contributed by atoms with Crippen molar-refractivity contribution in [2.45, 2.75) is 116 Å². The largest absolute Gasteiger partial charge is 0.497 e. The Morgan fingerprint density at radius 1 is 1.06 bits per heavy atom. The minimum atomic E-state index is -2.93. The number of aryl methyl sites for hydroxylation is 1. The summed E-state index contributed by atoms with van der Waals surface area (Å²) in [5.74, 6) is -2.95. The standard InChI is InChI=1S/C35H46F2N4O6/c1-19-15-35(19)27-18-41(29(35)20(2)42)31(43)28(33(3,4)5)40-32(44)46-26-17-34(36,37)16-21(26)10-8-7-9-11-24-30(47-27)39-25-14-22(45-6)12-13-23(25)38-24/h12-14,19,21,26-29H,7-11,15-18H2,1-6H3,(H,40,44)/t19-,21-,26-,27+,28-,29-,35-/m1/s1. The fraction of sp³-hybridized carbons (Fsp3) is 0.686. The topological polar surface area (TPSA) is 120 Å². The van der Waals surface area contributed by atoms with Gasteiger partial charge in [-0.1, -0.05) is 40.5 Å². The van der Waals surface area contributed by atoms with E-state index in [1.54, 1.807) is 18.1 Å². The van der Waals surface area contributed by atoms with Crippen LogP contribution in [0.15, 0.2) is 18.2 Å². The van der Waals surface area contributed by atoms with Crippen LogP contribution in [0.4, 0.5) is 13.6 Å². The van der Waals surface area contributed by atoms with Gasteiger partial charge in [0.2, 0.25) is 11.8 Å². The van der Waals surface area contributed by atoms with E-state index in [0.29, 0.717) is 54.0 Å². The molecule has 47 heavy (non-hydrogen) atoms. The van der Waals surface area contributed by atoms with Crippen LogP contribution in [0.1, 0.15) is 85.3 Å². The molecule has 4 aliphatic rings. The van der Waals surface area contributed by atoms with Crippen molar-refractivity contribution in [1.82, 2.24) is 20.2 Å². The summed E-state index contributed by atoms with van der Waals surface area (Å²) >= 11 is 0. The minimum absolute atomic E-state index is 0.0947. The number of aromatic nitrogens is 2. The summed E-state index contributed by atoms with van der Waals surface area (Å²) in [6.45, 7) is 9.08. The van der Waals surface area contributed by atoms with Gasteiger partial charge < -0.3 is 24.4 Å². The van der Waals surface area contributed by atoms with Gasteiger partial charge in [0, 0.05) is 30.2 Å². The van der Waals surface area contributed by atoms with E-state index in [1.165, 1.54) is 6.92 Å². The molecule has 1 aromatic heterocycles. The molecular formula is C35H46F2N4O6. The highest BCUT2D eigenvalue weighted by Crippen LogP contribution is 2.63. The van der Waals surface area contributed by atoms with E-state index in [4.69, 9.17) is 24.2 Å². The first kappa shape index (κ1) is 33.3. The molecule has 1 N–H and O–H groups in total. The lowest BCUT2D eigenvalue weighted by atomic mass is 9.85. The molecular weight excluding hydrogens is 610 g/mol. The number of ether oxygens (including phenoxy) is 3. The molecule has 256 valence electrons. The lowest BCUT2D eigenvalue weighted by Gasteiger charge is -2.36. The predicted octanol–water partition coefficient (Wildman–Crippen LogP) is 5.88. The molecule has 2 aliphatic heterocycles. The van der Waals surface area contributed by atoms with Crippen molar-refractivity contribution in [3.8, 4) is 11.6 Å². The number of alkyl halides is 2. The van der Waals surface area contributed by atoms with Crippen molar-refractivity contribution >= 4 is 28.8 Å². The molecule has 7 atom stereocenters. The lowest BCUT2D eigenvalue weighted by Crippen LogP contribution is -2.57. The van der Waals surface area contributed by atoms with E-state index in [1.807, 2.05) is 32.9 Å². The number of hydrogen-bond acceptors (Lipinski definition) is 8. The highest BCUT2D eigenvalue weighted by molar-refractivity contribution is 5.93. The first-order valence-corrected chi connectivity index (χ1v) is 16.8. The first-order chi connectivity index (χ1) is 22.1. The average Bonchev–Trinajstić information content (AvgIpc) is 3.40. The number of ketones is 1. The Labute approximate surface area is 274 Å². The quantitative estimate of drug-likeness (QED) is 0.426. The van der Waals surface area contributed by atoms with E-state index >= 15 is 0 Å². The second kappa shape index (κ2) is 12.1. The van der Waals surface area contributed by atoms with Crippen molar-refractivity contribution in [3.05, 3.63) is 23.9 Å². The zero-order valence-corrected chi connectivity index (χ0v) is 28.1. The summed E-state index contributed by atoms with van der Waals surface area (Å²) in [5.41, 5.74) is 0.546. The Hall–Kier alpha value is -3.57. The van der Waals surface area contributed by atoms with Gasteiger partial charge in [-0.3, -0.25) is 9.59 Å². The Balaban J connectivity index is 1.41. The number of hydrogen-bond donors (Lipinski definition) is 1. The van der Waals surface area contributed by atoms with Gasteiger partial charge in [0.15, 0.2) is 5.78 Å². The Bertz CT molecular complexity index is 1560. The van der Waals surface area contributed by atoms with Gasteiger partial charge in [-0.05, 0) is 56.1 Å². The van der Waals surface area contributed by atoms with Crippen LogP contribution in [0.3, 0.4) is 0 Å². The van der Waals surface area contributed by atoms with E-state index < -0.39 is 65.4 Å². The van der Waals surface area contributed by atoms with Crippen LogP contribution in [-0.2, 0) is 20.7 Å². The number of carbonyl (C=O) groups is 3. The van der Waals surface area contributed by atoms with Gasteiger partial charge in [-0.2, -0.15) is 0 Å². The maximum atomic E-state index is 14.6. The number of nitrogens with one attached hydrogen (secondary N) is 1. The second-order valence-corrected chi connectivity index (χ2v) is 15.2. The minimum Gasteiger partial charge on any atom is -0.497 e. The van der Waals surface area contributed by atoms with Gasteiger partial charge in [0.25, 0.3) is 5.92 Å². The number of alkyl carbamates (subject to hydrolysis) is 1. The van der Waals surface area contributed by atoms with Crippen molar-refractivity contribution in [1.29, 1.82) is 0 Å². The van der Waals surface area contributed by atoms with Gasteiger partial charge in [-0.25, -0.2) is 23.5 Å². The number of amides is 2. The van der Waals surface area contributed by atoms with Gasteiger partial charge in [0.1, 0.15) is 29.7 Å². The van der Waals surface area contributed by atoms with Crippen LogP contribution in [0.25, 0.3) is 11.0 Å². The third kappa shape index (κ3) is 6.36. The molecule has 1 spiro atoms. The Morgan fingerprint density at radius 3 is 2.47 bits per heavy atom. The number of Topliss-reactive ketones (excluding diaryl/α,β-unsaturated/α-hetero) is 1. The summed E-state index contributed by atoms with van der Waals surface area (Å²) in [6, 6.07) is 3.62. The number of halogens is 2. The molecule has 12 heteroatoms. The van der Waals surface area contributed by atoms with Crippen molar-refractivity contribution < 1.29 is 37.4 Å². The summed E-state index contributed by atoms with van der Waals surface area (Å²) in [4.78, 5) is 52.4. The predicted molar refractivity (Wildman–Crippen MR) is 169 cm³/mol. The monoisotopic (exact) mass is 656 g/mol. The van der Waals surface area contributed by atoms with E-state index in [0.717, 1.165) is 12.8 Å². The van der Waals surface area contributed by atoms with Crippen molar-refractivity contribution in [3.63, 3.8) is 0 Å². The Kier molecular flexibility index (Phi) is 8.62. The third-order valence-electron chi connectivity index (χ3n) is 10.7. The fourth-order valence-electron chi connectivity index (χ4n) is 8.22. The van der Waals surface area contributed by atoms with Crippen LogP contribution in [0.5, 0.6) is 11.6 Å².